The fourth-order valence-corrected chi connectivity index (χ4v) is 1.27. The van der Waals surface area contributed by atoms with Crippen LogP contribution in [0.15, 0.2) is 17.4 Å². The van der Waals surface area contributed by atoms with Crippen molar-refractivity contribution in [3.8, 4) is 5.88 Å². The molecule has 0 fully saturated rings. The van der Waals surface area contributed by atoms with E-state index in [1.54, 1.807) is 6.08 Å². The second-order valence-electron chi connectivity index (χ2n) is 3.40. The molecule has 0 saturated carbocycles. The number of allylic oxidation sites excluding steroid dienone is 1. The molecule has 0 amide bonds. The van der Waals surface area contributed by atoms with E-state index in [1.807, 2.05) is 6.92 Å². The van der Waals surface area contributed by atoms with E-state index in [1.165, 1.54) is 0 Å². The summed E-state index contributed by atoms with van der Waals surface area (Å²) in [5, 5.41) is 9.29. The molecule has 2 atom stereocenters. The lowest BCUT2D eigenvalue weighted by Crippen LogP contribution is -2.15. The van der Waals surface area contributed by atoms with Crippen molar-refractivity contribution in [3.05, 3.63) is 28.8 Å². The zero-order valence-corrected chi connectivity index (χ0v) is 8.08. The SMILES string of the molecule is C=CC(C)CC(N)c1[nH]c(=O)[nH]c1O. The van der Waals surface area contributed by atoms with Gasteiger partial charge in [-0.05, 0) is 12.3 Å². The molecule has 5 N–H and O–H groups in total. The third kappa shape index (κ3) is 2.26. The predicted octanol–water partition coefficient (Wildman–Crippen LogP) is 0.621. The van der Waals surface area contributed by atoms with Crippen molar-refractivity contribution < 1.29 is 5.11 Å². The first-order valence-corrected chi connectivity index (χ1v) is 4.44. The van der Waals surface area contributed by atoms with E-state index < -0.39 is 5.69 Å². The molecule has 0 aliphatic heterocycles. The predicted molar refractivity (Wildman–Crippen MR) is 54.0 cm³/mol. The number of nitrogens with one attached hydrogen (secondary N) is 2. The van der Waals surface area contributed by atoms with Gasteiger partial charge in [-0.15, -0.1) is 6.58 Å². The average molecular weight is 197 g/mol. The molecule has 5 heteroatoms. The molecular formula is C9H15N3O2. The van der Waals surface area contributed by atoms with E-state index in [9.17, 15) is 9.90 Å². The van der Waals surface area contributed by atoms with Crippen LogP contribution in [0.1, 0.15) is 25.1 Å². The van der Waals surface area contributed by atoms with Gasteiger partial charge in [-0.25, -0.2) is 4.79 Å². The van der Waals surface area contributed by atoms with Gasteiger partial charge >= 0.3 is 5.69 Å². The number of hydrogen-bond donors (Lipinski definition) is 4. The molecule has 0 aliphatic rings. The molecule has 0 aliphatic carbocycles. The van der Waals surface area contributed by atoms with Gasteiger partial charge in [0.15, 0.2) is 0 Å². The van der Waals surface area contributed by atoms with Crippen LogP contribution in [0.25, 0.3) is 0 Å². The number of H-pyrrole nitrogens is 2. The van der Waals surface area contributed by atoms with Crippen molar-refractivity contribution in [3.63, 3.8) is 0 Å². The lowest BCUT2D eigenvalue weighted by molar-refractivity contribution is 0.434. The Hall–Kier alpha value is -1.49. The number of rotatable bonds is 4. The Labute approximate surface area is 81.7 Å². The number of imidazole rings is 1. The van der Waals surface area contributed by atoms with Crippen LogP contribution in [0.3, 0.4) is 0 Å². The normalized spacial score (nSPS) is 15.0. The highest BCUT2D eigenvalue weighted by Gasteiger charge is 2.15. The molecular weight excluding hydrogens is 182 g/mol. The Morgan fingerprint density at radius 2 is 2.29 bits per heavy atom. The molecule has 0 saturated heterocycles. The van der Waals surface area contributed by atoms with Gasteiger partial charge in [0, 0.05) is 0 Å². The Morgan fingerprint density at radius 3 is 2.71 bits per heavy atom. The van der Waals surface area contributed by atoms with Gasteiger partial charge in [0.1, 0.15) is 0 Å². The summed E-state index contributed by atoms with van der Waals surface area (Å²) < 4.78 is 0. The standard InChI is InChI=1S/C9H15N3O2/c1-3-5(2)4-6(10)7-8(13)12-9(14)11-7/h3,5-6,13H,1,4,10H2,2H3,(H2,11,12,14). The van der Waals surface area contributed by atoms with Crippen molar-refractivity contribution in [1.82, 2.24) is 9.97 Å². The van der Waals surface area contributed by atoms with E-state index >= 15 is 0 Å². The van der Waals surface area contributed by atoms with Crippen LogP contribution in [0.2, 0.25) is 0 Å². The summed E-state index contributed by atoms with van der Waals surface area (Å²) in [5.41, 5.74) is 5.69. The molecule has 1 aromatic rings. The molecule has 14 heavy (non-hydrogen) atoms. The van der Waals surface area contributed by atoms with Crippen LogP contribution < -0.4 is 11.4 Å². The maximum Gasteiger partial charge on any atom is 0.326 e. The molecule has 78 valence electrons. The van der Waals surface area contributed by atoms with Crippen LogP contribution in [-0.4, -0.2) is 15.1 Å². The topological polar surface area (TPSA) is 94.9 Å². The summed E-state index contributed by atoms with van der Waals surface area (Å²) in [4.78, 5) is 15.5. The molecule has 5 nitrogen and oxygen atoms in total. The minimum absolute atomic E-state index is 0.182. The smallest absolute Gasteiger partial charge is 0.326 e. The molecule has 2 unspecified atom stereocenters. The van der Waals surface area contributed by atoms with Gasteiger partial charge in [-0.1, -0.05) is 13.0 Å². The molecule has 1 aromatic heterocycles. The second-order valence-corrected chi connectivity index (χ2v) is 3.40. The quantitative estimate of drug-likeness (QED) is 0.533. The lowest BCUT2D eigenvalue weighted by Gasteiger charge is -2.12. The minimum atomic E-state index is -0.445. The highest BCUT2D eigenvalue weighted by molar-refractivity contribution is 5.19. The van der Waals surface area contributed by atoms with E-state index in [0.29, 0.717) is 12.1 Å². The Morgan fingerprint density at radius 1 is 1.64 bits per heavy atom. The first-order valence-electron chi connectivity index (χ1n) is 4.44. The maximum atomic E-state index is 10.8. The van der Waals surface area contributed by atoms with Crippen molar-refractivity contribution in [2.75, 3.05) is 0 Å². The number of aromatic nitrogens is 2. The Kier molecular flexibility index (Phi) is 3.14. The highest BCUT2D eigenvalue weighted by atomic mass is 16.3. The second kappa shape index (κ2) is 4.15. The maximum absolute atomic E-state index is 10.8. The summed E-state index contributed by atoms with van der Waals surface area (Å²) >= 11 is 0. The van der Waals surface area contributed by atoms with Crippen LogP contribution in [0.5, 0.6) is 5.88 Å². The fraction of sp³-hybridized carbons (Fsp3) is 0.444. The summed E-state index contributed by atoms with van der Waals surface area (Å²) in [6.45, 7) is 5.60. The van der Waals surface area contributed by atoms with E-state index in [-0.39, 0.29) is 17.8 Å². The van der Waals surface area contributed by atoms with E-state index in [2.05, 4.69) is 16.5 Å². The van der Waals surface area contributed by atoms with Gasteiger partial charge in [-0.2, -0.15) is 0 Å². The molecule has 0 spiro atoms. The molecule has 0 aromatic carbocycles. The average Bonchev–Trinajstić information content (AvgIpc) is 2.45. The van der Waals surface area contributed by atoms with Crippen LogP contribution in [0.4, 0.5) is 0 Å². The third-order valence-corrected chi connectivity index (χ3v) is 2.13. The Balaban J connectivity index is 2.78. The van der Waals surface area contributed by atoms with Crippen molar-refractivity contribution >= 4 is 0 Å². The van der Waals surface area contributed by atoms with E-state index in [0.717, 1.165) is 0 Å². The minimum Gasteiger partial charge on any atom is -0.493 e. The van der Waals surface area contributed by atoms with Gasteiger partial charge in [0.2, 0.25) is 5.88 Å². The van der Waals surface area contributed by atoms with Crippen molar-refractivity contribution in [1.29, 1.82) is 0 Å². The molecule has 0 radical (unpaired) electrons. The number of aromatic amines is 2. The molecule has 1 heterocycles. The molecule has 0 bridgehead atoms. The number of hydrogen-bond acceptors (Lipinski definition) is 3. The third-order valence-electron chi connectivity index (χ3n) is 2.13. The van der Waals surface area contributed by atoms with Crippen LogP contribution in [-0.2, 0) is 0 Å². The number of aromatic hydroxyl groups is 1. The first-order chi connectivity index (χ1) is 6.54. The summed E-state index contributed by atoms with van der Waals surface area (Å²) in [7, 11) is 0. The van der Waals surface area contributed by atoms with E-state index in [4.69, 9.17) is 5.73 Å². The zero-order valence-electron chi connectivity index (χ0n) is 8.08. The van der Waals surface area contributed by atoms with Crippen LogP contribution in [0, 0.1) is 5.92 Å². The number of nitrogens with two attached hydrogens (primary N) is 1. The largest absolute Gasteiger partial charge is 0.493 e. The molecule has 1 rings (SSSR count). The zero-order chi connectivity index (χ0) is 10.7. The summed E-state index contributed by atoms with van der Waals surface area (Å²) in [6, 6.07) is -0.387. The monoisotopic (exact) mass is 197 g/mol. The van der Waals surface area contributed by atoms with Crippen molar-refractivity contribution in [2.45, 2.75) is 19.4 Å². The summed E-state index contributed by atoms with van der Waals surface area (Å²) in [6.07, 6.45) is 2.41. The first kappa shape index (κ1) is 10.6. The van der Waals surface area contributed by atoms with Gasteiger partial charge in [-0.3, -0.25) is 4.98 Å². The summed E-state index contributed by atoms with van der Waals surface area (Å²) in [5.74, 6) is 0.0570. The van der Waals surface area contributed by atoms with Crippen molar-refractivity contribution in [2.24, 2.45) is 11.7 Å². The van der Waals surface area contributed by atoms with Gasteiger partial charge in [0.05, 0.1) is 11.7 Å². The van der Waals surface area contributed by atoms with Crippen LogP contribution >= 0.6 is 0 Å². The van der Waals surface area contributed by atoms with Gasteiger partial charge < -0.3 is 15.8 Å². The fourth-order valence-electron chi connectivity index (χ4n) is 1.27. The van der Waals surface area contributed by atoms with Gasteiger partial charge in [0.25, 0.3) is 0 Å². The Bertz CT molecular complexity index is 366. The lowest BCUT2D eigenvalue weighted by atomic mass is 10.0. The highest BCUT2D eigenvalue weighted by Crippen LogP contribution is 2.22.